The van der Waals surface area contributed by atoms with Gasteiger partial charge >= 0.3 is 0 Å². The normalized spacial score (nSPS) is 13.9. The lowest BCUT2D eigenvalue weighted by Gasteiger charge is -2.36. The Kier molecular flexibility index (Phi) is 5.42. The molecule has 0 radical (unpaired) electrons. The first-order valence-electron chi connectivity index (χ1n) is 5.76. The van der Waals surface area contributed by atoms with Crippen LogP contribution >= 0.6 is 0 Å². The third-order valence-electron chi connectivity index (χ3n) is 2.82. The summed E-state index contributed by atoms with van der Waals surface area (Å²) in [7, 11) is -1.74. The number of ether oxygens (including phenoxy) is 1. The Morgan fingerprint density at radius 2 is 1.73 bits per heavy atom. The molecule has 3 heteroatoms. The van der Waals surface area contributed by atoms with Crippen LogP contribution in [0.4, 0.5) is 0 Å². The molecule has 0 aromatic heterocycles. The van der Waals surface area contributed by atoms with E-state index in [1.807, 2.05) is 13.0 Å². The van der Waals surface area contributed by atoms with E-state index in [-0.39, 0.29) is 5.04 Å². The lowest BCUT2D eigenvalue weighted by atomic mass is 10.2. The van der Waals surface area contributed by atoms with Crippen molar-refractivity contribution in [3.05, 3.63) is 12.0 Å². The summed E-state index contributed by atoms with van der Waals surface area (Å²) in [6.07, 6.45) is 2.97. The highest BCUT2D eigenvalue weighted by atomic mass is 28.4. The molecule has 0 saturated heterocycles. The van der Waals surface area contributed by atoms with Gasteiger partial charge in [0.2, 0.25) is 0 Å². The summed E-state index contributed by atoms with van der Waals surface area (Å²) in [5.74, 6) is 0.714. The fourth-order valence-electron chi connectivity index (χ4n) is 0.844. The number of allylic oxidation sites excluding steroid dienone is 1. The van der Waals surface area contributed by atoms with Gasteiger partial charge in [-0.15, -0.1) is 0 Å². The van der Waals surface area contributed by atoms with Gasteiger partial charge in [-0.1, -0.05) is 27.7 Å². The van der Waals surface area contributed by atoms with Crippen LogP contribution in [-0.2, 0) is 9.16 Å². The quantitative estimate of drug-likeness (QED) is 0.518. The van der Waals surface area contributed by atoms with E-state index in [1.54, 1.807) is 0 Å². The van der Waals surface area contributed by atoms with Crippen molar-refractivity contribution in [1.82, 2.24) is 0 Å². The predicted molar refractivity (Wildman–Crippen MR) is 68.3 cm³/mol. The Bertz CT molecular complexity index is 214. The van der Waals surface area contributed by atoms with Gasteiger partial charge in [-0.05, 0) is 37.6 Å². The minimum absolute atomic E-state index is 0.219. The van der Waals surface area contributed by atoms with Crippen molar-refractivity contribution in [1.29, 1.82) is 0 Å². The zero-order valence-corrected chi connectivity index (χ0v) is 12.3. The molecule has 0 aromatic rings. The van der Waals surface area contributed by atoms with Gasteiger partial charge in [0.25, 0.3) is 14.3 Å². The van der Waals surface area contributed by atoms with E-state index < -0.39 is 8.32 Å². The van der Waals surface area contributed by atoms with Crippen LogP contribution in [0, 0.1) is 0 Å². The van der Waals surface area contributed by atoms with E-state index in [4.69, 9.17) is 9.16 Å². The van der Waals surface area contributed by atoms with Gasteiger partial charge in [-0.3, -0.25) is 0 Å². The maximum absolute atomic E-state index is 6.06. The third-order valence-corrected chi connectivity index (χ3v) is 7.14. The smallest absolute Gasteiger partial charge is 0.261 e. The van der Waals surface area contributed by atoms with Crippen molar-refractivity contribution in [2.45, 2.75) is 59.2 Å². The molecule has 2 nitrogen and oxygen atoms in total. The topological polar surface area (TPSA) is 18.5 Å². The van der Waals surface area contributed by atoms with Gasteiger partial charge in [-0.25, -0.2) is 0 Å². The van der Waals surface area contributed by atoms with Crippen molar-refractivity contribution in [2.75, 3.05) is 6.61 Å². The monoisotopic (exact) mass is 230 g/mol. The van der Waals surface area contributed by atoms with E-state index in [0.717, 1.165) is 6.42 Å². The van der Waals surface area contributed by atoms with Gasteiger partial charge in [0.15, 0.2) is 0 Å². The molecule has 0 N–H and O–H groups in total. The highest BCUT2D eigenvalue weighted by molar-refractivity contribution is 6.74. The molecule has 0 spiro atoms. The second kappa shape index (κ2) is 5.59. The molecule has 0 rings (SSSR count). The largest absolute Gasteiger partial charge is 0.519 e. The average Bonchev–Trinajstić information content (AvgIpc) is 2.02. The molecule has 0 heterocycles. The van der Waals surface area contributed by atoms with Gasteiger partial charge in [-0.2, -0.15) is 0 Å². The van der Waals surface area contributed by atoms with Crippen LogP contribution in [0.3, 0.4) is 0 Å². The maximum atomic E-state index is 6.06. The number of hydrogen-bond donors (Lipinski definition) is 0. The van der Waals surface area contributed by atoms with E-state index in [1.165, 1.54) is 0 Å². The number of rotatable bonds is 5. The van der Waals surface area contributed by atoms with Crippen LogP contribution < -0.4 is 0 Å². The minimum Gasteiger partial charge on any atom is -0.519 e. The SMILES string of the molecule is CCC=C(OCC)O[Si](C)(C)C(C)(C)C. The van der Waals surface area contributed by atoms with Crippen molar-refractivity contribution in [3.8, 4) is 0 Å². The fraction of sp³-hybridized carbons (Fsp3) is 0.833. The minimum atomic E-state index is -1.74. The van der Waals surface area contributed by atoms with Crippen molar-refractivity contribution < 1.29 is 9.16 Å². The summed E-state index contributed by atoms with van der Waals surface area (Å²) in [6.45, 7) is 15.9. The molecule has 0 saturated carbocycles. The van der Waals surface area contributed by atoms with E-state index >= 15 is 0 Å². The summed E-state index contributed by atoms with van der Waals surface area (Å²) >= 11 is 0. The van der Waals surface area contributed by atoms with E-state index in [0.29, 0.717) is 12.6 Å². The molecule has 0 fully saturated rings. The zero-order valence-electron chi connectivity index (χ0n) is 11.3. The highest BCUT2D eigenvalue weighted by Crippen LogP contribution is 2.38. The lowest BCUT2D eigenvalue weighted by Crippen LogP contribution is -2.40. The molecular weight excluding hydrogens is 204 g/mol. The first-order chi connectivity index (χ1) is 6.74. The molecule has 0 aliphatic heterocycles. The summed E-state index contributed by atoms with van der Waals surface area (Å²) in [4.78, 5) is 0. The third kappa shape index (κ3) is 4.73. The standard InChI is InChI=1S/C12H26O2Si/c1-8-10-11(13-9-2)14-15(6,7)12(3,4)5/h10H,8-9H2,1-7H3. The Balaban J connectivity index is 4.60. The van der Waals surface area contributed by atoms with Crippen LogP contribution in [0.2, 0.25) is 18.1 Å². The molecule has 15 heavy (non-hydrogen) atoms. The summed E-state index contributed by atoms with van der Waals surface area (Å²) in [5.41, 5.74) is 0. The molecule has 0 amide bonds. The van der Waals surface area contributed by atoms with Gasteiger partial charge < -0.3 is 9.16 Å². The Morgan fingerprint density at radius 3 is 2.07 bits per heavy atom. The summed E-state index contributed by atoms with van der Waals surface area (Å²) in [5, 5.41) is 0.219. The van der Waals surface area contributed by atoms with Crippen molar-refractivity contribution >= 4 is 8.32 Å². The van der Waals surface area contributed by atoms with Crippen LogP contribution in [0.15, 0.2) is 12.0 Å². The van der Waals surface area contributed by atoms with Crippen LogP contribution in [-0.4, -0.2) is 14.9 Å². The van der Waals surface area contributed by atoms with Gasteiger partial charge in [0.05, 0.1) is 6.61 Å². The van der Waals surface area contributed by atoms with Gasteiger partial charge in [0, 0.05) is 0 Å². The molecule has 0 aliphatic rings. The molecule has 0 unspecified atom stereocenters. The molecule has 0 bridgehead atoms. The van der Waals surface area contributed by atoms with Crippen molar-refractivity contribution in [3.63, 3.8) is 0 Å². The zero-order chi connectivity index (χ0) is 12.1. The van der Waals surface area contributed by atoms with E-state index in [9.17, 15) is 0 Å². The van der Waals surface area contributed by atoms with Crippen LogP contribution in [0.25, 0.3) is 0 Å². The molecule has 0 aliphatic carbocycles. The number of hydrogen-bond acceptors (Lipinski definition) is 2. The fourth-order valence-corrected chi connectivity index (χ4v) is 1.79. The lowest BCUT2D eigenvalue weighted by molar-refractivity contribution is 0.106. The van der Waals surface area contributed by atoms with Crippen LogP contribution in [0.5, 0.6) is 0 Å². The Hall–Kier alpha value is -0.443. The maximum Gasteiger partial charge on any atom is 0.261 e. The molecular formula is C12H26O2Si. The Morgan fingerprint density at radius 1 is 1.20 bits per heavy atom. The summed E-state index contributed by atoms with van der Waals surface area (Å²) < 4.78 is 11.5. The van der Waals surface area contributed by atoms with Gasteiger partial charge in [0.1, 0.15) is 0 Å². The highest BCUT2D eigenvalue weighted by Gasteiger charge is 2.39. The predicted octanol–water partition coefficient (Wildman–Crippen LogP) is 4.30. The second-order valence-corrected chi connectivity index (χ2v) is 9.95. The summed E-state index contributed by atoms with van der Waals surface area (Å²) in [6, 6.07) is 0. The Labute approximate surface area is 95.8 Å². The molecule has 0 atom stereocenters. The molecule has 0 aromatic carbocycles. The van der Waals surface area contributed by atoms with Crippen molar-refractivity contribution in [2.24, 2.45) is 0 Å². The molecule has 90 valence electrons. The second-order valence-electron chi connectivity index (χ2n) is 5.23. The van der Waals surface area contributed by atoms with Crippen LogP contribution in [0.1, 0.15) is 41.0 Å². The first-order valence-corrected chi connectivity index (χ1v) is 8.67. The first kappa shape index (κ1) is 14.6. The van der Waals surface area contributed by atoms with E-state index in [2.05, 4.69) is 40.8 Å². The average molecular weight is 230 g/mol.